The molecule has 4 N–H and O–H groups in total. The molecule has 0 fully saturated rings. The number of methoxy groups -OCH3 is 1. The number of benzene rings is 3. The molecule has 1 amide bonds. The summed E-state index contributed by atoms with van der Waals surface area (Å²) in [5.41, 5.74) is 6.60. The minimum absolute atomic E-state index is 0.0625. The molecule has 0 unspecified atom stereocenters. The summed E-state index contributed by atoms with van der Waals surface area (Å²) in [6.45, 7) is 0. The third-order valence-corrected chi connectivity index (χ3v) is 5.34. The molecule has 2 aromatic heterocycles. The van der Waals surface area contributed by atoms with Gasteiger partial charge >= 0.3 is 5.69 Å². The fourth-order valence-corrected chi connectivity index (χ4v) is 3.69. The van der Waals surface area contributed by atoms with Gasteiger partial charge in [-0.3, -0.25) is 4.79 Å². The lowest BCUT2D eigenvalue weighted by molar-refractivity contribution is 0.0997. The predicted molar refractivity (Wildman–Crippen MR) is 132 cm³/mol. The molecule has 0 atom stereocenters. The van der Waals surface area contributed by atoms with Crippen molar-refractivity contribution in [2.75, 3.05) is 7.11 Å². The van der Waals surface area contributed by atoms with Crippen molar-refractivity contribution in [1.82, 2.24) is 19.5 Å². The molecule has 11 nitrogen and oxygen atoms in total. The number of primary amides is 1. The summed E-state index contributed by atoms with van der Waals surface area (Å²) >= 11 is 0. The minimum atomic E-state index is -0.878. The van der Waals surface area contributed by atoms with Crippen molar-refractivity contribution in [1.29, 1.82) is 0 Å². The molecule has 0 aliphatic heterocycles. The van der Waals surface area contributed by atoms with Gasteiger partial charge in [0.15, 0.2) is 28.7 Å². The quantitative estimate of drug-likeness (QED) is 0.311. The van der Waals surface area contributed by atoms with E-state index in [1.807, 2.05) is 18.2 Å². The van der Waals surface area contributed by atoms with E-state index >= 15 is 0 Å². The smallest absolute Gasteiger partial charge is 0.332 e. The van der Waals surface area contributed by atoms with Crippen LogP contribution in [0.1, 0.15) is 10.5 Å². The zero-order chi connectivity index (χ0) is 25.2. The molecule has 5 rings (SSSR count). The number of fused-ring (bicyclic) bond motifs is 1. The van der Waals surface area contributed by atoms with E-state index in [9.17, 15) is 14.7 Å². The third kappa shape index (κ3) is 4.05. The number of carbonyl (C=O) groups excluding carboxylic acids is 1. The summed E-state index contributed by atoms with van der Waals surface area (Å²) < 4.78 is 6.59. The van der Waals surface area contributed by atoms with E-state index < -0.39 is 11.6 Å². The second kappa shape index (κ2) is 9.14. The Morgan fingerprint density at radius 2 is 1.67 bits per heavy atom. The van der Waals surface area contributed by atoms with Crippen molar-refractivity contribution in [3.05, 3.63) is 89.0 Å². The number of phenols is 1. The first-order valence-electron chi connectivity index (χ1n) is 10.7. The zero-order valence-corrected chi connectivity index (χ0v) is 18.9. The highest BCUT2D eigenvalue weighted by Gasteiger charge is 2.23. The Balaban J connectivity index is 1.74. The molecule has 0 spiro atoms. The molecule has 36 heavy (non-hydrogen) atoms. The highest BCUT2D eigenvalue weighted by atomic mass is 16.5. The van der Waals surface area contributed by atoms with E-state index in [4.69, 9.17) is 10.5 Å². The molecular formula is C25H19N7O4. The number of hydrogen-bond donors (Lipinski definition) is 3. The number of aromatic hydroxyl groups is 1. The maximum atomic E-state index is 12.8. The van der Waals surface area contributed by atoms with E-state index in [0.717, 1.165) is 0 Å². The van der Waals surface area contributed by atoms with Gasteiger partial charge in [-0.15, -0.1) is 0 Å². The number of nitrogens with two attached hydrogens (primary N) is 1. The molecule has 0 saturated carbocycles. The Morgan fingerprint density at radius 1 is 1.00 bits per heavy atom. The highest BCUT2D eigenvalue weighted by molar-refractivity contribution is 6.02. The van der Waals surface area contributed by atoms with Crippen LogP contribution < -0.4 is 16.2 Å². The Labute approximate surface area is 203 Å². The number of nitrogens with one attached hydrogen (secondary N) is 1. The summed E-state index contributed by atoms with van der Waals surface area (Å²) in [4.78, 5) is 36.4. The number of phenolic OH excluding ortho intramolecular Hbond substituents is 1. The molecule has 3 aromatic carbocycles. The van der Waals surface area contributed by atoms with Gasteiger partial charge in [0.05, 0.1) is 29.7 Å². The summed E-state index contributed by atoms with van der Waals surface area (Å²) in [5, 5.41) is 19.3. The molecule has 0 saturated heterocycles. The topological polar surface area (TPSA) is 161 Å². The number of hydrogen-bond acceptors (Lipinski definition) is 8. The van der Waals surface area contributed by atoms with Gasteiger partial charge < -0.3 is 20.6 Å². The standard InChI is InChI=1S/C25H19N7O4/c1-36-18-13-15(31-30-14-8-4-2-5-9-14)12-17(21(18)33)23-27-19(22(26)34)20-24(29-23)32(25(35)28-20)16-10-6-3-7-11-16/h2-13,33H,1H3,(H2,26,34)(H,28,35). The molecule has 2 heterocycles. The summed E-state index contributed by atoms with van der Waals surface area (Å²) in [6, 6.07) is 20.8. The first kappa shape index (κ1) is 22.5. The number of carbonyl (C=O) groups is 1. The van der Waals surface area contributed by atoms with Crippen LogP contribution >= 0.6 is 0 Å². The van der Waals surface area contributed by atoms with Gasteiger partial charge in [-0.1, -0.05) is 36.4 Å². The van der Waals surface area contributed by atoms with Crippen LogP contribution in [0, 0.1) is 0 Å². The number of para-hydroxylation sites is 1. The number of amides is 1. The van der Waals surface area contributed by atoms with Gasteiger partial charge in [0.1, 0.15) is 5.52 Å². The van der Waals surface area contributed by atoms with E-state index in [2.05, 4.69) is 25.2 Å². The van der Waals surface area contributed by atoms with Crippen molar-refractivity contribution >= 4 is 28.4 Å². The Hall–Kier alpha value is -5.32. The van der Waals surface area contributed by atoms with Gasteiger partial charge in [0.2, 0.25) is 0 Å². The molecule has 0 aliphatic rings. The molecule has 0 aliphatic carbocycles. The number of rotatable bonds is 6. The fourth-order valence-electron chi connectivity index (χ4n) is 3.69. The second-order valence-electron chi connectivity index (χ2n) is 7.64. The Kier molecular flexibility index (Phi) is 5.71. The summed E-state index contributed by atoms with van der Waals surface area (Å²) in [5.74, 6) is -1.13. The van der Waals surface area contributed by atoms with Crippen LogP contribution in [0.25, 0.3) is 28.2 Å². The SMILES string of the molecule is COc1cc(N=Nc2ccccc2)cc(-c2nc(C(N)=O)c3[nH]c(=O)n(-c4ccccc4)c3n2)c1O. The number of H-pyrrole nitrogens is 1. The zero-order valence-electron chi connectivity index (χ0n) is 18.9. The van der Waals surface area contributed by atoms with Gasteiger partial charge in [-0.25, -0.2) is 19.3 Å². The van der Waals surface area contributed by atoms with E-state index in [-0.39, 0.29) is 39.7 Å². The van der Waals surface area contributed by atoms with Crippen LogP contribution in [0.5, 0.6) is 11.5 Å². The maximum absolute atomic E-state index is 12.8. The average molecular weight is 481 g/mol. The van der Waals surface area contributed by atoms with Crippen LogP contribution in [0.15, 0.2) is 87.8 Å². The predicted octanol–water partition coefficient (Wildman–Crippen LogP) is 4.00. The van der Waals surface area contributed by atoms with Crippen LogP contribution in [-0.2, 0) is 0 Å². The van der Waals surface area contributed by atoms with Crippen LogP contribution in [0.2, 0.25) is 0 Å². The van der Waals surface area contributed by atoms with Gasteiger partial charge in [-0.2, -0.15) is 10.2 Å². The second-order valence-corrected chi connectivity index (χ2v) is 7.64. The van der Waals surface area contributed by atoms with Crippen molar-refractivity contribution in [2.45, 2.75) is 0 Å². The van der Waals surface area contributed by atoms with Crippen molar-refractivity contribution in [3.8, 4) is 28.6 Å². The molecule has 0 bridgehead atoms. The lowest BCUT2D eigenvalue weighted by Crippen LogP contribution is -2.15. The number of aromatic amines is 1. The summed E-state index contributed by atoms with van der Waals surface area (Å²) in [7, 11) is 1.38. The van der Waals surface area contributed by atoms with Crippen molar-refractivity contribution in [3.63, 3.8) is 0 Å². The van der Waals surface area contributed by atoms with E-state index in [0.29, 0.717) is 17.1 Å². The fraction of sp³-hybridized carbons (Fsp3) is 0.0400. The summed E-state index contributed by atoms with van der Waals surface area (Å²) in [6.07, 6.45) is 0. The van der Waals surface area contributed by atoms with Gasteiger partial charge in [0, 0.05) is 6.07 Å². The number of ether oxygens (including phenoxy) is 1. The van der Waals surface area contributed by atoms with Crippen LogP contribution in [0.4, 0.5) is 11.4 Å². The van der Waals surface area contributed by atoms with Crippen LogP contribution in [-0.4, -0.2) is 37.6 Å². The molecule has 11 heteroatoms. The minimum Gasteiger partial charge on any atom is -0.504 e. The molecular weight excluding hydrogens is 462 g/mol. The lowest BCUT2D eigenvalue weighted by atomic mass is 10.1. The van der Waals surface area contributed by atoms with E-state index in [1.54, 1.807) is 42.5 Å². The number of aromatic nitrogens is 4. The maximum Gasteiger partial charge on any atom is 0.332 e. The lowest BCUT2D eigenvalue weighted by Gasteiger charge is -2.11. The number of imidazole rings is 1. The first-order chi connectivity index (χ1) is 17.5. The number of nitrogens with zero attached hydrogens (tertiary/aromatic N) is 5. The molecule has 178 valence electrons. The average Bonchev–Trinajstić information content (AvgIpc) is 3.24. The monoisotopic (exact) mass is 481 g/mol. The molecule has 0 radical (unpaired) electrons. The van der Waals surface area contributed by atoms with Crippen LogP contribution in [0.3, 0.4) is 0 Å². The molecule has 5 aromatic rings. The number of azo groups is 1. The first-order valence-corrected chi connectivity index (χ1v) is 10.7. The normalized spacial score (nSPS) is 11.2. The van der Waals surface area contributed by atoms with Gasteiger partial charge in [0.25, 0.3) is 5.91 Å². The van der Waals surface area contributed by atoms with Crippen molar-refractivity contribution < 1.29 is 14.6 Å². The Morgan fingerprint density at radius 3 is 2.33 bits per heavy atom. The Bertz CT molecular complexity index is 1680. The third-order valence-electron chi connectivity index (χ3n) is 5.34. The van der Waals surface area contributed by atoms with E-state index in [1.165, 1.54) is 23.8 Å². The van der Waals surface area contributed by atoms with Gasteiger partial charge in [-0.05, 0) is 30.3 Å². The highest BCUT2D eigenvalue weighted by Crippen LogP contribution is 2.40. The van der Waals surface area contributed by atoms with Crippen molar-refractivity contribution in [2.24, 2.45) is 16.0 Å². The largest absolute Gasteiger partial charge is 0.504 e.